The van der Waals surface area contributed by atoms with Crippen LogP contribution in [-0.2, 0) is 4.74 Å². The van der Waals surface area contributed by atoms with Crippen molar-refractivity contribution in [2.45, 2.75) is 71.3 Å². The van der Waals surface area contributed by atoms with Crippen molar-refractivity contribution in [3.8, 4) is 16.9 Å². The van der Waals surface area contributed by atoms with Gasteiger partial charge in [-0.3, -0.25) is 4.57 Å². The van der Waals surface area contributed by atoms with E-state index in [1.54, 1.807) is 44.4 Å². The Kier molecular flexibility index (Phi) is 7.67. The molecule has 1 aliphatic rings. The molecule has 1 aliphatic carbocycles. The molecule has 0 atom stereocenters. The highest BCUT2D eigenvalue weighted by Crippen LogP contribution is 2.40. The lowest BCUT2D eigenvalue weighted by molar-refractivity contribution is 0.00686. The number of ether oxygens (including phenoxy) is 1. The average molecular weight is 547 g/mol. The van der Waals surface area contributed by atoms with E-state index in [9.17, 15) is 19.1 Å². The van der Waals surface area contributed by atoms with Crippen molar-refractivity contribution in [2.24, 2.45) is 0 Å². The highest BCUT2D eigenvalue weighted by Gasteiger charge is 2.33. The SMILES string of the molecule is Cc1cc(Cl)cc(-n2c(C3CCCCC3)nc(C(=O)O)c2-c2ccc(F)c(Cl)c2)c1C(=O)OC(C)(C)C. The molecule has 6 nitrogen and oxygen atoms in total. The number of halogens is 3. The molecule has 0 aliphatic heterocycles. The summed E-state index contributed by atoms with van der Waals surface area (Å²) >= 11 is 12.6. The van der Waals surface area contributed by atoms with E-state index in [1.165, 1.54) is 18.2 Å². The van der Waals surface area contributed by atoms with Gasteiger partial charge in [-0.1, -0.05) is 42.5 Å². The van der Waals surface area contributed by atoms with Crippen molar-refractivity contribution in [1.29, 1.82) is 0 Å². The summed E-state index contributed by atoms with van der Waals surface area (Å²) in [6, 6.07) is 7.28. The number of aryl methyl sites for hydroxylation is 1. The number of esters is 1. The van der Waals surface area contributed by atoms with Gasteiger partial charge in [-0.15, -0.1) is 0 Å². The number of benzene rings is 2. The molecule has 37 heavy (non-hydrogen) atoms. The normalized spacial score (nSPS) is 14.6. The van der Waals surface area contributed by atoms with Gasteiger partial charge in [0, 0.05) is 16.5 Å². The van der Waals surface area contributed by atoms with E-state index < -0.39 is 23.4 Å². The van der Waals surface area contributed by atoms with Crippen LogP contribution in [0.15, 0.2) is 30.3 Å². The van der Waals surface area contributed by atoms with Crippen LogP contribution in [0.25, 0.3) is 16.9 Å². The first-order valence-corrected chi connectivity index (χ1v) is 13.0. The zero-order valence-corrected chi connectivity index (χ0v) is 22.7. The number of carbonyl (C=O) groups excluding carboxylic acids is 1. The lowest BCUT2D eigenvalue weighted by atomic mass is 9.88. The van der Waals surface area contributed by atoms with Crippen molar-refractivity contribution in [3.05, 3.63) is 68.8 Å². The lowest BCUT2D eigenvalue weighted by Crippen LogP contribution is -2.25. The highest BCUT2D eigenvalue weighted by molar-refractivity contribution is 6.31. The Morgan fingerprint density at radius 2 is 1.78 bits per heavy atom. The number of carboxylic acid groups (broad SMARTS) is 1. The molecule has 0 spiro atoms. The van der Waals surface area contributed by atoms with Gasteiger partial charge in [0.2, 0.25) is 0 Å². The van der Waals surface area contributed by atoms with Gasteiger partial charge >= 0.3 is 11.9 Å². The van der Waals surface area contributed by atoms with Crippen LogP contribution in [0.1, 0.15) is 91.0 Å². The molecule has 0 amide bonds. The predicted octanol–water partition coefficient (Wildman–Crippen LogP) is 7.99. The number of rotatable bonds is 5. The van der Waals surface area contributed by atoms with E-state index in [0.717, 1.165) is 32.1 Å². The van der Waals surface area contributed by atoms with E-state index in [-0.39, 0.29) is 27.9 Å². The van der Waals surface area contributed by atoms with Crippen LogP contribution in [0.3, 0.4) is 0 Å². The van der Waals surface area contributed by atoms with Gasteiger partial charge in [0.1, 0.15) is 17.2 Å². The Bertz CT molecular complexity index is 1370. The molecule has 4 rings (SSSR count). The molecular formula is C28H29Cl2FN2O4. The maximum Gasteiger partial charge on any atom is 0.356 e. The minimum atomic E-state index is -1.25. The molecule has 1 saturated carbocycles. The number of hydrogen-bond acceptors (Lipinski definition) is 4. The summed E-state index contributed by atoms with van der Waals surface area (Å²) in [5.41, 5.74) is 0.750. The van der Waals surface area contributed by atoms with Gasteiger partial charge in [-0.25, -0.2) is 19.0 Å². The van der Waals surface area contributed by atoms with Crippen LogP contribution in [0, 0.1) is 12.7 Å². The molecule has 1 heterocycles. The summed E-state index contributed by atoms with van der Waals surface area (Å²) in [4.78, 5) is 30.5. The molecule has 1 fully saturated rings. The van der Waals surface area contributed by atoms with Crippen molar-refractivity contribution in [1.82, 2.24) is 9.55 Å². The first kappa shape index (κ1) is 27.1. The number of carbonyl (C=O) groups is 2. The van der Waals surface area contributed by atoms with E-state index in [2.05, 4.69) is 4.98 Å². The Balaban J connectivity index is 2.10. The van der Waals surface area contributed by atoms with Gasteiger partial charge in [-0.2, -0.15) is 0 Å². The van der Waals surface area contributed by atoms with Crippen LogP contribution >= 0.6 is 23.2 Å². The second kappa shape index (κ2) is 10.5. The summed E-state index contributed by atoms with van der Waals surface area (Å²) in [5.74, 6) is -1.97. The fourth-order valence-electron chi connectivity index (χ4n) is 4.87. The topological polar surface area (TPSA) is 81.4 Å². The van der Waals surface area contributed by atoms with Crippen LogP contribution in [0.2, 0.25) is 10.0 Å². The predicted molar refractivity (Wildman–Crippen MR) is 142 cm³/mol. The minimum Gasteiger partial charge on any atom is -0.476 e. The van der Waals surface area contributed by atoms with Crippen LogP contribution in [-0.4, -0.2) is 32.2 Å². The summed E-state index contributed by atoms with van der Waals surface area (Å²) in [7, 11) is 0. The number of imidazole rings is 1. The number of aromatic carboxylic acids is 1. The maximum absolute atomic E-state index is 14.1. The van der Waals surface area contributed by atoms with Crippen LogP contribution in [0.4, 0.5) is 4.39 Å². The first-order valence-electron chi connectivity index (χ1n) is 12.2. The summed E-state index contributed by atoms with van der Waals surface area (Å²) in [6.45, 7) is 7.07. The summed E-state index contributed by atoms with van der Waals surface area (Å²) < 4.78 is 21.5. The molecule has 9 heteroatoms. The van der Waals surface area contributed by atoms with E-state index in [0.29, 0.717) is 27.7 Å². The fraction of sp³-hybridized carbons (Fsp3) is 0.393. The largest absolute Gasteiger partial charge is 0.476 e. The van der Waals surface area contributed by atoms with Gasteiger partial charge in [-0.05, 0) is 76.4 Å². The summed E-state index contributed by atoms with van der Waals surface area (Å²) in [5, 5.41) is 10.4. The van der Waals surface area contributed by atoms with Crippen molar-refractivity contribution in [2.75, 3.05) is 0 Å². The number of nitrogens with zero attached hydrogens (tertiary/aromatic N) is 2. The first-order chi connectivity index (χ1) is 17.4. The van der Waals surface area contributed by atoms with Gasteiger partial charge in [0.25, 0.3) is 0 Å². The molecule has 1 N–H and O–H groups in total. The maximum atomic E-state index is 14.1. The van der Waals surface area contributed by atoms with Crippen molar-refractivity contribution < 1.29 is 23.8 Å². The summed E-state index contributed by atoms with van der Waals surface area (Å²) in [6.07, 6.45) is 4.68. The monoisotopic (exact) mass is 546 g/mol. The van der Waals surface area contributed by atoms with Gasteiger partial charge < -0.3 is 9.84 Å². The quantitative estimate of drug-likeness (QED) is 0.328. The second-order valence-electron chi connectivity index (χ2n) is 10.4. The molecule has 0 unspecified atom stereocenters. The van der Waals surface area contributed by atoms with Gasteiger partial charge in [0.15, 0.2) is 5.69 Å². The minimum absolute atomic E-state index is 0.0395. The van der Waals surface area contributed by atoms with Crippen molar-refractivity contribution >= 4 is 35.1 Å². The molecule has 2 aromatic carbocycles. The van der Waals surface area contributed by atoms with E-state index >= 15 is 0 Å². The standard InChI is InChI=1S/C28H29Cl2FN2O4/c1-15-12-18(29)14-21(22(15)27(36)37-28(2,3)4)33-24(17-10-11-20(31)19(30)13-17)23(26(34)35)32-25(33)16-8-6-5-7-9-16/h10-14,16H,5-9H2,1-4H3,(H,34,35). The molecule has 1 aromatic heterocycles. The fourth-order valence-corrected chi connectivity index (χ4v) is 5.32. The molecular weight excluding hydrogens is 518 g/mol. The Morgan fingerprint density at radius 1 is 1.11 bits per heavy atom. The van der Waals surface area contributed by atoms with Crippen molar-refractivity contribution in [3.63, 3.8) is 0 Å². The third kappa shape index (κ3) is 5.68. The third-order valence-corrected chi connectivity index (χ3v) is 6.90. The second-order valence-corrected chi connectivity index (χ2v) is 11.2. The molecule has 0 radical (unpaired) electrons. The van der Waals surface area contributed by atoms with E-state index in [1.807, 2.05) is 0 Å². The third-order valence-electron chi connectivity index (χ3n) is 6.39. The van der Waals surface area contributed by atoms with E-state index in [4.69, 9.17) is 27.9 Å². The highest BCUT2D eigenvalue weighted by atomic mass is 35.5. The van der Waals surface area contributed by atoms with Crippen LogP contribution in [0.5, 0.6) is 0 Å². The number of aromatic nitrogens is 2. The lowest BCUT2D eigenvalue weighted by Gasteiger charge is -2.26. The number of hydrogen-bond donors (Lipinski definition) is 1. The Labute approximate surface area is 225 Å². The Hall–Kier alpha value is -2.90. The molecule has 3 aromatic rings. The number of carboxylic acids is 1. The molecule has 196 valence electrons. The zero-order valence-electron chi connectivity index (χ0n) is 21.2. The Morgan fingerprint density at radius 3 is 2.38 bits per heavy atom. The average Bonchev–Trinajstić information content (AvgIpc) is 3.20. The van der Waals surface area contributed by atoms with Gasteiger partial charge in [0.05, 0.1) is 22.0 Å². The van der Waals surface area contributed by atoms with Crippen LogP contribution < -0.4 is 0 Å². The smallest absolute Gasteiger partial charge is 0.356 e. The molecule has 0 bridgehead atoms. The molecule has 0 saturated heterocycles. The zero-order chi connectivity index (χ0) is 27.1.